The lowest BCUT2D eigenvalue weighted by Gasteiger charge is -2.16. The van der Waals surface area contributed by atoms with E-state index >= 15 is 0 Å². The van der Waals surface area contributed by atoms with Crippen LogP contribution in [-0.2, 0) is 6.18 Å². The minimum absolute atomic E-state index is 0.00537. The summed E-state index contributed by atoms with van der Waals surface area (Å²) in [5, 5.41) is 9.97. The van der Waals surface area contributed by atoms with Gasteiger partial charge in [-0.1, -0.05) is 30.3 Å². The van der Waals surface area contributed by atoms with Gasteiger partial charge in [-0.3, -0.25) is 9.36 Å². The lowest BCUT2D eigenvalue weighted by Crippen LogP contribution is -2.24. The molecule has 0 aliphatic rings. The quantitative estimate of drug-likeness (QED) is 0.459. The molecule has 2 heterocycles. The standard InChI is InChI=1S/C22H15F3N2O2S/c1-13-12-16-20(30-13)21(29)27(17-8-4-3-7-15(17)22(23,24)25)19(26-16)11-10-14-6-2-5-9-18(14)28/h2-12,28H,1H3. The van der Waals surface area contributed by atoms with Crippen molar-refractivity contribution < 1.29 is 18.3 Å². The Labute approximate surface area is 173 Å². The highest BCUT2D eigenvalue weighted by atomic mass is 32.1. The van der Waals surface area contributed by atoms with Crippen LogP contribution in [0, 0.1) is 6.92 Å². The summed E-state index contributed by atoms with van der Waals surface area (Å²) in [6.45, 7) is 1.80. The Balaban J connectivity index is 2.02. The number of alkyl halides is 3. The highest BCUT2D eigenvalue weighted by molar-refractivity contribution is 7.18. The molecule has 8 heteroatoms. The number of benzene rings is 2. The van der Waals surface area contributed by atoms with Crippen LogP contribution in [0.2, 0.25) is 0 Å². The summed E-state index contributed by atoms with van der Waals surface area (Å²) in [5.74, 6) is 0.0380. The number of hydrogen-bond donors (Lipinski definition) is 1. The number of phenolic OH excluding ortho intramolecular Hbond substituents is 1. The third-order valence-corrected chi connectivity index (χ3v) is 5.52. The van der Waals surface area contributed by atoms with Gasteiger partial charge >= 0.3 is 6.18 Å². The second-order valence-electron chi connectivity index (χ2n) is 6.59. The molecule has 0 saturated carbocycles. The van der Waals surface area contributed by atoms with E-state index in [9.17, 15) is 23.1 Å². The summed E-state index contributed by atoms with van der Waals surface area (Å²) >= 11 is 1.19. The number of aromatic hydroxyl groups is 1. The highest BCUT2D eigenvalue weighted by Gasteiger charge is 2.34. The van der Waals surface area contributed by atoms with E-state index in [0.717, 1.165) is 15.5 Å². The van der Waals surface area contributed by atoms with Crippen LogP contribution >= 0.6 is 11.3 Å². The van der Waals surface area contributed by atoms with Crippen LogP contribution in [-0.4, -0.2) is 14.7 Å². The van der Waals surface area contributed by atoms with E-state index in [-0.39, 0.29) is 22.0 Å². The van der Waals surface area contributed by atoms with Gasteiger partial charge in [-0.05, 0) is 43.3 Å². The highest BCUT2D eigenvalue weighted by Crippen LogP contribution is 2.34. The summed E-state index contributed by atoms with van der Waals surface area (Å²) in [6.07, 6.45) is -1.71. The Hall–Kier alpha value is -3.39. The van der Waals surface area contributed by atoms with E-state index in [1.54, 1.807) is 31.2 Å². The molecule has 0 spiro atoms. The molecule has 4 rings (SSSR count). The van der Waals surface area contributed by atoms with Crippen molar-refractivity contribution in [3.63, 3.8) is 0 Å². The van der Waals surface area contributed by atoms with Gasteiger partial charge in [0.2, 0.25) is 0 Å². The number of fused-ring (bicyclic) bond motifs is 1. The number of hydrogen-bond acceptors (Lipinski definition) is 4. The summed E-state index contributed by atoms with van der Waals surface area (Å²) in [7, 11) is 0. The van der Waals surface area contributed by atoms with Gasteiger partial charge in [0.1, 0.15) is 16.3 Å². The molecule has 2 aromatic heterocycles. The molecule has 0 bridgehead atoms. The number of thiophene rings is 1. The van der Waals surface area contributed by atoms with Crippen LogP contribution in [0.5, 0.6) is 5.75 Å². The first-order valence-corrected chi connectivity index (χ1v) is 9.73. The first kappa shape index (κ1) is 19.9. The second-order valence-corrected chi connectivity index (χ2v) is 7.85. The van der Waals surface area contributed by atoms with Gasteiger partial charge in [-0.2, -0.15) is 13.2 Å². The molecule has 1 N–H and O–H groups in total. The van der Waals surface area contributed by atoms with Crippen LogP contribution < -0.4 is 5.56 Å². The molecule has 2 aromatic carbocycles. The second kappa shape index (κ2) is 7.46. The zero-order valence-electron chi connectivity index (χ0n) is 15.6. The first-order valence-electron chi connectivity index (χ1n) is 8.91. The van der Waals surface area contributed by atoms with Crippen molar-refractivity contribution in [2.45, 2.75) is 13.1 Å². The zero-order chi connectivity index (χ0) is 21.5. The van der Waals surface area contributed by atoms with E-state index in [4.69, 9.17) is 0 Å². The molecule has 0 atom stereocenters. The van der Waals surface area contributed by atoms with Crippen molar-refractivity contribution in [3.8, 4) is 11.4 Å². The van der Waals surface area contributed by atoms with Crippen LogP contribution in [0.3, 0.4) is 0 Å². The molecule has 0 aliphatic carbocycles. The maximum absolute atomic E-state index is 13.6. The molecule has 4 aromatic rings. The number of halogens is 3. The molecule has 152 valence electrons. The first-order chi connectivity index (χ1) is 14.3. The van der Waals surface area contributed by atoms with Gasteiger partial charge in [0.25, 0.3) is 5.56 Å². The van der Waals surface area contributed by atoms with Crippen molar-refractivity contribution in [3.05, 3.63) is 86.8 Å². The summed E-state index contributed by atoms with van der Waals surface area (Å²) in [5.41, 5.74) is -0.943. The molecule has 30 heavy (non-hydrogen) atoms. The average Bonchev–Trinajstić information content (AvgIpc) is 3.07. The Kier molecular flexibility index (Phi) is 4.95. The van der Waals surface area contributed by atoms with E-state index in [1.807, 2.05) is 0 Å². The van der Waals surface area contributed by atoms with E-state index in [2.05, 4.69) is 4.98 Å². The summed E-state index contributed by atoms with van der Waals surface area (Å²) in [6, 6.07) is 13.1. The van der Waals surface area contributed by atoms with Gasteiger partial charge in [0, 0.05) is 10.4 Å². The van der Waals surface area contributed by atoms with E-state index in [1.165, 1.54) is 47.8 Å². The topological polar surface area (TPSA) is 55.1 Å². The minimum Gasteiger partial charge on any atom is -0.507 e. The predicted octanol–water partition coefficient (Wildman–Crippen LogP) is 5.65. The third kappa shape index (κ3) is 3.61. The molecule has 0 saturated heterocycles. The Morgan fingerprint density at radius 1 is 1.07 bits per heavy atom. The van der Waals surface area contributed by atoms with Gasteiger partial charge in [-0.25, -0.2) is 4.98 Å². The predicted molar refractivity (Wildman–Crippen MR) is 112 cm³/mol. The van der Waals surface area contributed by atoms with E-state index in [0.29, 0.717) is 11.1 Å². The fraction of sp³-hybridized carbons (Fsp3) is 0.0909. The van der Waals surface area contributed by atoms with Crippen molar-refractivity contribution in [1.82, 2.24) is 9.55 Å². The largest absolute Gasteiger partial charge is 0.507 e. The molecule has 0 radical (unpaired) electrons. The van der Waals surface area contributed by atoms with Crippen LogP contribution in [0.4, 0.5) is 13.2 Å². The number of para-hydroxylation sites is 2. The van der Waals surface area contributed by atoms with Gasteiger partial charge in [0.15, 0.2) is 0 Å². The molecule has 4 nitrogen and oxygen atoms in total. The zero-order valence-corrected chi connectivity index (χ0v) is 16.5. The average molecular weight is 428 g/mol. The monoisotopic (exact) mass is 428 g/mol. The van der Waals surface area contributed by atoms with Crippen molar-refractivity contribution in [2.75, 3.05) is 0 Å². The molecule has 0 amide bonds. The maximum atomic E-state index is 13.6. The SMILES string of the molecule is Cc1cc2nc(C=Cc3ccccc3O)n(-c3ccccc3C(F)(F)F)c(=O)c2s1. The summed E-state index contributed by atoms with van der Waals surface area (Å²) in [4.78, 5) is 18.5. The smallest absolute Gasteiger partial charge is 0.418 e. The van der Waals surface area contributed by atoms with Crippen LogP contribution in [0.25, 0.3) is 28.1 Å². The molecule has 0 fully saturated rings. The minimum atomic E-state index is -4.64. The fourth-order valence-electron chi connectivity index (χ4n) is 3.16. The van der Waals surface area contributed by atoms with Crippen LogP contribution in [0.1, 0.15) is 21.8 Å². The number of phenols is 1. The Bertz CT molecular complexity index is 1340. The van der Waals surface area contributed by atoms with Gasteiger partial charge in [-0.15, -0.1) is 11.3 Å². The van der Waals surface area contributed by atoms with Crippen molar-refractivity contribution in [2.24, 2.45) is 0 Å². The number of aryl methyl sites for hydroxylation is 1. The lowest BCUT2D eigenvalue weighted by atomic mass is 10.1. The number of rotatable bonds is 3. The number of aromatic nitrogens is 2. The van der Waals surface area contributed by atoms with Crippen molar-refractivity contribution in [1.29, 1.82) is 0 Å². The third-order valence-electron chi connectivity index (χ3n) is 4.50. The van der Waals surface area contributed by atoms with Gasteiger partial charge < -0.3 is 5.11 Å². The molecular weight excluding hydrogens is 413 g/mol. The van der Waals surface area contributed by atoms with Crippen molar-refractivity contribution >= 4 is 33.7 Å². The normalized spacial score (nSPS) is 12.1. The fourth-order valence-corrected chi connectivity index (χ4v) is 4.04. The molecule has 0 aliphatic heterocycles. The molecule has 0 unspecified atom stereocenters. The van der Waals surface area contributed by atoms with Crippen LogP contribution in [0.15, 0.2) is 59.4 Å². The number of nitrogens with zero attached hydrogens (tertiary/aromatic N) is 2. The summed E-state index contributed by atoms with van der Waals surface area (Å²) < 4.78 is 42.2. The Morgan fingerprint density at radius 2 is 1.77 bits per heavy atom. The van der Waals surface area contributed by atoms with E-state index < -0.39 is 17.3 Å². The maximum Gasteiger partial charge on any atom is 0.418 e. The lowest BCUT2D eigenvalue weighted by molar-refractivity contribution is -0.137. The van der Waals surface area contributed by atoms with Gasteiger partial charge in [0.05, 0.1) is 16.8 Å². The molecular formula is C22H15F3N2O2S. The Morgan fingerprint density at radius 3 is 2.50 bits per heavy atom.